The number of carboxylic acids is 1. The third-order valence-corrected chi connectivity index (χ3v) is 4.83. The zero-order valence-corrected chi connectivity index (χ0v) is 17.8. The summed E-state index contributed by atoms with van der Waals surface area (Å²) in [5.74, 6) is -4.04. The highest BCUT2D eigenvalue weighted by molar-refractivity contribution is 5.94. The molecule has 4 amide bonds. The first-order valence-corrected chi connectivity index (χ1v) is 10.3. The van der Waals surface area contributed by atoms with Crippen LogP contribution in [0.25, 0.3) is 0 Å². The highest BCUT2D eigenvalue weighted by Gasteiger charge is 2.31. The second kappa shape index (κ2) is 12.8. The summed E-state index contributed by atoms with van der Waals surface area (Å²) in [6.45, 7) is 3.55. The van der Waals surface area contributed by atoms with Crippen LogP contribution in [0.15, 0.2) is 0 Å². The number of hydrogen-bond acceptors (Lipinski definition) is 7. The molecule has 1 aliphatic heterocycles. The third-order valence-electron chi connectivity index (χ3n) is 4.83. The Morgan fingerprint density at radius 3 is 2.13 bits per heavy atom. The Hall–Kier alpha value is -2.73. The van der Waals surface area contributed by atoms with E-state index in [1.165, 1.54) is 0 Å². The van der Waals surface area contributed by atoms with E-state index in [1.807, 2.05) is 0 Å². The molecular formula is C19H33N5O7. The standard InChI is InChI=1S/C19H33N5O7/c1-10(2)8-13(19(30)31)23-17(28)12(5-6-15(20)26)22-18(29)14(9-25)24-16(27)11-4-3-7-21-11/h10-14,21,25H,3-9H2,1-2H3,(H2,20,26)(H,22,29)(H,23,28)(H,24,27)(H,30,31). The van der Waals surface area contributed by atoms with E-state index in [-0.39, 0.29) is 25.2 Å². The fourth-order valence-corrected chi connectivity index (χ4v) is 3.17. The molecule has 31 heavy (non-hydrogen) atoms. The van der Waals surface area contributed by atoms with Crippen LogP contribution in [0.4, 0.5) is 0 Å². The maximum Gasteiger partial charge on any atom is 0.326 e. The summed E-state index contributed by atoms with van der Waals surface area (Å²) in [6.07, 6.45) is 1.17. The Morgan fingerprint density at radius 2 is 1.65 bits per heavy atom. The van der Waals surface area contributed by atoms with Gasteiger partial charge in [0.25, 0.3) is 0 Å². The van der Waals surface area contributed by atoms with Crippen molar-refractivity contribution >= 4 is 29.6 Å². The number of carbonyl (C=O) groups excluding carboxylic acids is 4. The molecule has 0 aliphatic carbocycles. The number of aliphatic carboxylic acids is 1. The maximum absolute atomic E-state index is 12.6. The van der Waals surface area contributed by atoms with Crippen molar-refractivity contribution in [2.45, 2.75) is 70.1 Å². The molecule has 8 N–H and O–H groups in total. The molecule has 0 radical (unpaired) electrons. The second-order valence-corrected chi connectivity index (χ2v) is 7.99. The number of hydrogen-bond donors (Lipinski definition) is 7. The van der Waals surface area contributed by atoms with Crippen LogP contribution in [0.3, 0.4) is 0 Å². The van der Waals surface area contributed by atoms with Crippen LogP contribution in [-0.2, 0) is 24.0 Å². The Bertz CT molecular complexity index is 664. The molecule has 0 spiro atoms. The number of aliphatic hydroxyl groups excluding tert-OH is 1. The molecule has 1 fully saturated rings. The molecule has 0 saturated carbocycles. The lowest BCUT2D eigenvalue weighted by Gasteiger charge is -2.24. The van der Waals surface area contributed by atoms with Gasteiger partial charge >= 0.3 is 5.97 Å². The summed E-state index contributed by atoms with van der Waals surface area (Å²) in [4.78, 5) is 60.0. The fourth-order valence-electron chi connectivity index (χ4n) is 3.17. The van der Waals surface area contributed by atoms with Crippen LogP contribution in [-0.4, -0.2) is 77.1 Å². The van der Waals surface area contributed by atoms with Gasteiger partial charge in [-0.05, 0) is 38.1 Å². The highest BCUT2D eigenvalue weighted by Crippen LogP contribution is 2.08. The quantitative estimate of drug-likeness (QED) is 0.163. The number of carboxylic acid groups (broad SMARTS) is 1. The number of nitrogens with two attached hydrogens (primary N) is 1. The lowest BCUT2D eigenvalue weighted by molar-refractivity contribution is -0.143. The van der Waals surface area contributed by atoms with Crippen LogP contribution in [0, 0.1) is 5.92 Å². The van der Waals surface area contributed by atoms with Gasteiger partial charge in [0.05, 0.1) is 12.6 Å². The molecule has 0 aromatic heterocycles. The summed E-state index contributed by atoms with van der Waals surface area (Å²) in [5.41, 5.74) is 5.13. The molecule has 12 nitrogen and oxygen atoms in total. The minimum absolute atomic E-state index is 0.0155. The third kappa shape index (κ3) is 9.30. The molecule has 1 aliphatic rings. The van der Waals surface area contributed by atoms with Crippen molar-refractivity contribution in [3.8, 4) is 0 Å². The Morgan fingerprint density at radius 1 is 1.03 bits per heavy atom. The number of carbonyl (C=O) groups is 5. The van der Waals surface area contributed by atoms with E-state index in [4.69, 9.17) is 5.73 Å². The first kappa shape index (κ1) is 26.3. The van der Waals surface area contributed by atoms with Crippen molar-refractivity contribution < 1.29 is 34.2 Å². The van der Waals surface area contributed by atoms with Gasteiger partial charge in [0.1, 0.15) is 18.1 Å². The highest BCUT2D eigenvalue weighted by atomic mass is 16.4. The van der Waals surface area contributed by atoms with E-state index >= 15 is 0 Å². The van der Waals surface area contributed by atoms with Gasteiger partial charge in [0, 0.05) is 6.42 Å². The summed E-state index contributed by atoms with van der Waals surface area (Å²) in [6, 6.07) is -4.24. The molecule has 0 aromatic carbocycles. The second-order valence-electron chi connectivity index (χ2n) is 7.99. The zero-order valence-electron chi connectivity index (χ0n) is 17.8. The predicted octanol–water partition coefficient (Wildman–Crippen LogP) is -2.42. The summed E-state index contributed by atoms with van der Waals surface area (Å²) < 4.78 is 0. The SMILES string of the molecule is CC(C)CC(NC(=O)C(CCC(N)=O)NC(=O)C(CO)NC(=O)C1CCCN1)C(=O)O. The lowest BCUT2D eigenvalue weighted by Crippen LogP contribution is -2.58. The first-order chi connectivity index (χ1) is 14.5. The number of aliphatic hydroxyl groups is 1. The van der Waals surface area contributed by atoms with Crippen molar-refractivity contribution in [2.24, 2.45) is 11.7 Å². The van der Waals surface area contributed by atoms with Gasteiger partial charge in [-0.25, -0.2) is 4.79 Å². The molecule has 0 aromatic rings. The predicted molar refractivity (Wildman–Crippen MR) is 109 cm³/mol. The van der Waals surface area contributed by atoms with E-state index in [1.54, 1.807) is 13.8 Å². The van der Waals surface area contributed by atoms with Crippen LogP contribution < -0.4 is 27.0 Å². The first-order valence-electron chi connectivity index (χ1n) is 10.3. The lowest BCUT2D eigenvalue weighted by atomic mass is 10.0. The molecule has 1 rings (SSSR count). The molecule has 176 valence electrons. The monoisotopic (exact) mass is 443 g/mol. The maximum atomic E-state index is 12.6. The van der Waals surface area contributed by atoms with Crippen molar-refractivity contribution in [3.05, 3.63) is 0 Å². The largest absolute Gasteiger partial charge is 0.480 e. The van der Waals surface area contributed by atoms with E-state index in [0.717, 1.165) is 6.42 Å². The minimum atomic E-state index is -1.32. The van der Waals surface area contributed by atoms with E-state index in [2.05, 4.69) is 21.3 Å². The van der Waals surface area contributed by atoms with Gasteiger partial charge in [-0.3, -0.25) is 19.2 Å². The Kier molecular flexibility index (Phi) is 10.9. The van der Waals surface area contributed by atoms with Crippen LogP contribution in [0.5, 0.6) is 0 Å². The minimum Gasteiger partial charge on any atom is -0.480 e. The number of amides is 4. The van der Waals surface area contributed by atoms with Crippen LogP contribution >= 0.6 is 0 Å². The average Bonchev–Trinajstić information content (AvgIpc) is 3.22. The topological polar surface area (TPSA) is 200 Å². The molecule has 4 atom stereocenters. The molecule has 12 heteroatoms. The van der Waals surface area contributed by atoms with Crippen molar-refractivity contribution in [2.75, 3.05) is 13.2 Å². The molecule has 0 bridgehead atoms. The molecule has 1 saturated heterocycles. The summed E-state index contributed by atoms with van der Waals surface area (Å²) in [5, 5.41) is 29.0. The van der Waals surface area contributed by atoms with E-state index < -0.39 is 60.4 Å². The van der Waals surface area contributed by atoms with E-state index in [0.29, 0.717) is 13.0 Å². The van der Waals surface area contributed by atoms with E-state index in [9.17, 15) is 34.2 Å². The molecule has 1 heterocycles. The normalized spacial score (nSPS) is 18.6. The van der Waals surface area contributed by atoms with Gasteiger partial charge in [-0.15, -0.1) is 0 Å². The number of nitrogens with one attached hydrogen (secondary N) is 4. The van der Waals surface area contributed by atoms with Crippen molar-refractivity contribution in [3.63, 3.8) is 0 Å². The Labute approximate surface area is 180 Å². The number of primary amides is 1. The summed E-state index contributed by atoms with van der Waals surface area (Å²) >= 11 is 0. The zero-order chi connectivity index (χ0) is 23.6. The Balaban J connectivity index is 2.83. The van der Waals surface area contributed by atoms with Gasteiger partial charge in [-0.1, -0.05) is 13.8 Å². The van der Waals surface area contributed by atoms with Crippen molar-refractivity contribution in [1.82, 2.24) is 21.3 Å². The average molecular weight is 444 g/mol. The molecular weight excluding hydrogens is 410 g/mol. The van der Waals surface area contributed by atoms with Crippen LogP contribution in [0.1, 0.15) is 46.0 Å². The van der Waals surface area contributed by atoms with Gasteiger partial charge in [-0.2, -0.15) is 0 Å². The fraction of sp³-hybridized carbons (Fsp3) is 0.737. The van der Waals surface area contributed by atoms with Crippen molar-refractivity contribution in [1.29, 1.82) is 0 Å². The number of rotatable bonds is 13. The smallest absolute Gasteiger partial charge is 0.326 e. The van der Waals surface area contributed by atoms with Gasteiger partial charge < -0.3 is 37.2 Å². The summed E-state index contributed by atoms with van der Waals surface area (Å²) in [7, 11) is 0. The van der Waals surface area contributed by atoms with Gasteiger partial charge in [0.2, 0.25) is 23.6 Å². The van der Waals surface area contributed by atoms with Crippen LogP contribution in [0.2, 0.25) is 0 Å². The van der Waals surface area contributed by atoms with Gasteiger partial charge in [0.15, 0.2) is 0 Å². The molecule has 4 unspecified atom stereocenters.